The number of carbonyl (C=O) groups is 1. The Hall–Kier alpha value is -1.02. The first-order chi connectivity index (χ1) is 7.50. The third kappa shape index (κ3) is 1.82. The van der Waals surface area contributed by atoms with Crippen LogP contribution in [0.4, 0.5) is 4.39 Å². The predicted molar refractivity (Wildman–Crippen MR) is 65.7 cm³/mol. The maximum absolute atomic E-state index is 13.5. The van der Waals surface area contributed by atoms with Crippen molar-refractivity contribution in [2.75, 3.05) is 0 Å². The van der Waals surface area contributed by atoms with E-state index in [1.54, 1.807) is 6.07 Å². The highest BCUT2D eigenvalue weighted by Gasteiger charge is 2.15. The second kappa shape index (κ2) is 4.10. The molecule has 1 aromatic carbocycles. The molecule has 0 aliphatic rings. The molecule has 1 aromatic heterocycles. The van der Waals surface area contributed by atoms with E-state index in [1.807, 2.05) is 22.6 Å². The molecule has 2 N–H and O–H groups in total. The van der Waals surface area contributed by atoms with Gasteiger partial charge in [-0.3, -0.25) is 4.79 Å². The van der Waals surface area contributed by atoms with Gasteiger partial charge in [-0.2, -0.15) is 0 Å². The lowest BCUT2D eigenvalue weighted by molar-refractivity contribution is 0.0995. The molecule has 0 radical (unpaired) electrons. The van der Waals surface area contributed by atoms with Gasteiger partial charge in [-0.05, 0) is 34.7 Å². The second-order valence-electron chi connectivity index (χ2n) is 3.01. The molecule has 1 amide bonds. The number of nitrogens with two attached hydrogens (primary N) is 1. The number of rotatable bonds is 1. The summed E-state index contributed by atoms with van der Waals surface area (Å²) >= 11 is 7.84. The first kappa shape index (κ1) is 11.5. The van der Waals surface area contributed by atoms with Crippen LogP contribution in [0.2, 0.25) is 5.02 Å². The van der Waals surface area contributed by atoms with E-state index in [9.17, 15) is 9.18 Å². The summed E-state index contributed by atoms with van der Waals surface area (Å²) in [5.41, 5.74) is 4.93. The van der Waals surface area contributed by atoms with Crippen LogP contribution in [-0.4, -0.2) is 16.1 Å². The average Bonchev–Trinajstić information content (AvgIpc) is 2.19. The van der Waals surface area contributed by atoms with Gasteiger partial charge in [-0.15, -0.1) is 10.2 Å². The molecular weight excluding hydrogens is 347 g/mol. The Morgan fingerprint density at radius 2 is 2.12 bits per heavy atom. The van der Waals surface area contributed by atoms with E-state index < -0.39 is 11.7 Å². The van der Waals surface area contributed by atoms with Crippen molar-refractivity contribution in [1.29, 1.82) is 0 Å². The molecule has 0 unspecified atom stereocenters. The van der Waals surface area contributed by atoms with Crippen molar-refractivity contribution in [2.24, 2.45) is 5.73 Å². The van der Waals surface area contributed by atoms with Crippen molar-refractivity contribution in [1.82, 2.24) is 10.2 Å². The zero-order valence-electron chi connectivity index (χ0n) is 7.67. The van der Waals surface area contributed by atoms with Gasteiger partial charge in [-0.25, -0.2) is 4.39 Å². The van der Waals surface area contributed by atoms with Gasteiger partial charge in [-0.1, -0.05) is 11.6 Å². The largest absolute Gasteiger partial charge is 0.364 e. The summed E-state index contributed by atoms with van der Waals surface area (Å²) < 4.78 is 14.1. The molecule has 0 spiro atoms. The van der Waals surface area contributed by atoms with Crippen molar-refractivity contribution in [2.45, 2.75) is 0 Å². The highest BCUT2D eigenvalue weighted by atomic mass is 127. The van der Waals surface area contributed by atoms with Crippen LogP contribution in [0.25, 0.3) is 10.9 Å². The number of hydrogen-bond acceptors (Lipinski definition) is 3. The fourth-order valence-electron chi connectivity index (χ4n) is 1.26. The average molecular weight is 352 g/mol. The van der Waals surface area contributed by atoms with Crippen LogP contribution < -0.4 is 5.73 Å². The number of benzene rings is 1. The first-order valence-electron chi connectivity index (χ1n) is 4.11. The Labute approximate surface area is 108 Å². The van der Waals surface area contributed by atoms with E-state index in [0.29, 0.717) is 8.96 Å². The maximum Gasteiger partial charge on any atom is 0.270 e. The lowest BCUT2D eigenvalue weighted by Crippen LogP contribution is -2.15. The second-order valence-corrected chi connectivity index (χ2v) is 4.63. The lowest BCUT2D eigenvalue weighted by atomic mass is 10.2. The normalized spacial score (nSPS) is 10.7. The number of nitrogens with zero attached hydrogens (tertiary/aromatic N) is 2. The molecule has 0 bridgehead atoms. The zero-order valence-corrected chi connectivity index (χ0v) is 10.6. The zero-order chi connectivity index (χ0) is 11.9. The molecule has 0 aliphatic heterocycles. The topological polar surface area (TPSA) is 68.9 Å². The summed E-state index contributed by atoms with van der Waals surface area (Å²) in [6.45, 7) is 0. The van der Waals surface area contributed by atoms with Crippen LogP contribution in [-0.2, 0) is 0 Å². The smallest absolute Gasteiger partial charge is 0.270 e. The van der Waals surface area contributed by atoms with Crippen LogP contribution in [0.15, 0.2) is 12.1 Å². The molecule has 2 aromatic rings. The van der Waals surface area contributed by atoms with Gasteiger partial charge >= 0.3 is 0 Å². The number of amides is 1. The molecule has 0 saturated carbocycles. The van der Waals surface area contributed by atoms with Crippen molar-refractivity contribution < 1.29 is 9.18 Å². The van der Waals surface area contributed by atoms with Crippen LogP contribution in [0.3, 0.4) is 0 Å². The minimum absolute atomic E-state index is 0.0231. The molecular formula is C9H4ClFIN3O. The van der Waals surface area contributed by atoms with Crippen molar-refractivity contribution in [3.63, 3.8) is 0 Å². The summed E-state index contributed by atoms with van der Waals surface area (Å²) in [4.78, 5) is 11.0. The Morgan fingerprint density at radius 3 is 2.75 bits per heavy atom. The quantitative estimate of drug-likeness (QED) is 0.800. The molecule has 2 rings (SSSR count). The molecule has 82 valence electrons. The highest BCUT2D eigenvalue weighted by Crippen LogP contribution is 2.27. The third-order valence-electron chi connectivity index (χ3n) is 1.96. The Morgan fingerprint density at radius 1 is 1.44 bits per heavy atom. The van der Waals surface area contributed by atoms with Gasteiger partial charge in [0, 0.05) is 8.96 Å². The van der Waals surface area contributed by atoms with Crippen LogP contribution >= 0.6 is 34.2 Å². The Bertz CT molecular complexity index is 605. The number of halogens is 3. The van der Waals surface area contributed by atoms with E-state index in [0.717, 1.165) is 0 Å². The summed E-state index contributed by atoms with van der Waals surface area (Å²) in [5.74, 6) is -1.33. The summed E-state index contributed by atoms with van der Waals surface area (Å²) in [5, 5.41) is 7.44. The van der Waals surface area contributed by atoms with Gasteiger partial charge in [0.1, 0.15) is 5.52 Å². The fourth-order valence-corrected chi connectivity index (χ4v) is 2.12. The first-order valence-corrected chi connectivity index (χ1v) is 5.57. The number of hydrogen-bond donors (Lipinski definition) is 1. The monoisotopic (exact) mass is 351 g/mol. The van der Waals surface area contributed by atoms with Gasteiger partial charge in [0.15, 0.2) is 11.5 Å². The van der Waals surface area contributed by atoms with Gasteiger partial charge in [0.2, 0.25) is 0 Å². The van der Waals surface area contributed by atoms with Gasteiger partial charge < -0.3 is 5.73 Å². The number of aromatic nitrogens is 2. The molecule has 0 atom stereocenters. The Balaban J connectivity index is 2.89. The van der Waals surface area contributed by atoms with Gasteiger partial charge in [0.25, 0.3) is 5.91 Å². The summed E-state index contributed by atoms with van der Waals surface area (Å²) in [7, 11) is 0. The number of carbonyl (C=O) groups excluding carboxylic acids is 1. The molecule has 7 heteroatoms. The minimum Gasteiger partial charge on any atom is -0.364 e. The van der Waals surface area contributed by atoms with E-state index in [-0.39, 0.29) is 16.2 Å². The summed E-state index contributed by atoms with van der Waals surface area (Å²) in [6, 6.07) is 2.92. The molecule has 4 nitrogen and oxygen atoms in total. The molecule has 0 saturated heterocycles. The maximum atomic E-state index is 13.5. The summed E-state index contributed by atoms with van der Waals surface area (Å²) in [6.07, 6.45) is 0. The van der Waals surface area contributed by atoms with E-state index >= 15 is 0 Å². The molecule has 1 heterocycles. The number of primary amides is 1. The SMILES string of the molecule is NC(=O)c1nnc2c(F)cc(I)cc2c1Cl. The van der Waals surface area contributed by atoms with E-state index in [4.69, 9.17) is 17.3 Å². The van der Waals surface area contributed by atoms with Crippen molar-refractivity contribution in [3.05, 3.63) is 32.2 Å². The van der Waals surface area contributed by atoms with Crippen LogP contribution in [0, 0.1) is 9.39 Å². The van der Waals surface area contributed by atoms with Crippen molar-refractivity contribution >= 4 is 51.0 Å². The number of fused-ring (bicyclic) bond motifs is 1. The molecule has 16 heavy (non-hydrogen) atoms. The fraction of sp³-hybridized carbons (Fsp3) is 0. The predicted octanol–water partition coefficient (Wildman–Crippen LogP) is 2.13. The van der Waals surface area contributed by atoms with E-state index in [1.165, 1.54) is 6.07 Å². The van der Waals surface area contributed by atoms with E-state index in [2.05, 4.69) is 10.2 Å². The molecule has 0 aliphatic carbocycles. The third-order valence-corrected chi connectivity index (χ3v) is 2.96. The van der Waals surface area contributed by atoms with Crippen molar-refractivity contribution in [3.8, 4) is 0 Å². The standard InChI is InChI=1S/C9H4ClFIN3O/c10-6-4-1-3(12)2-5(11)7(4)14-15-8(6)9(13)16/h1-2H,(H2,13,16). The lowest BCUT2D eigenvalue weighted by Gasteiger charge is -2.04. The van der Waals surface area contributed by atoms with Gasteiger partial charge in [0.05, 0.1) is 5.02 Å². The highest BCUT2D eigenvalue weighted by molar-refractivity contribution is 14.1. The van der Waals surface area contributed by atoms with Crippen LogP contribution in [0.1, 0.15) is 10.5 Å². The Kier molecular flexibility index (Phi) is 2.94. The molecule has 0 fully saturated rings. The minimum atomic E-state index is -0.793. The van der Waals surface area contributed by atoms with Crippen LogP contribution in [0.5, 0.6) is 0 Å².